The van der Waals surface area contributed by atoms with Crippen LogP contribution in [0.1, 0.15) is 11.1 Å². The number of hydrogen-bond acceptors (Lipinski definition) is 5. The third-order valence-corrected chi connectivity index (χ3v) is 3.48. The fourth-order valence-corrected chi connectivity index (χ4v) is 2.28. The van der Waals surface area contributed by atoms with Gasteiger partial charge in [0.25, 0.3) is 5.56 Å². The van der Waals surface area contributed by atoms with Crippen LogP contribution >= 0.6 is 11.8 Å². The van der Waals surface area contributed by atoms with Gasteiger partial charge in [0.2, 0.25) is 0 Å². The molecule has 0 aliphatic carbocycles. The van der Waals surface area contributed by atoms with Crippen LogP contribution in [0, 0.1) is 18.3 Å². The molecular weight excluding hydrogens is 331 g/mol. The van der Waals surface area contributed by atoms with Gasteiger partial charge < -0.3 is 9.72 Å². The van der Waals surface area contributed by atoms with Gasteiger partial charge >= 0.3 is 6.36 Å². The van der Waals surface area contributed by atoms with Crippen LogP contribution in [-0.2, 0) is 0 Å². The van der Waals surface area contributed by atoms with E-state index < -0.39 is 17.7 Å². The van der Waals surface area contributed by atoms with Crippen LogP contribution in [0.4, 0.5) is 13.2 Å². The molecule has 2 aromatic rings. The van der Waals surface area contributed by atoms with Gasteiger partial charge in [0, 0.05) is 5.56 Å². The number of alkyl halides is 3. The Bertz CT molecular complexity index is 841. The van der Waals surface area contributed by atoms with E-state index in [2.05, 4.69) is 14.7 Å². The third kappa shape index (κ3) is 3.84. The summed E-state index contributed by atoms with van der Waals surface area (Å²) in [7, 11) is 0. The van der Waals surface area contributed by atoms with Crippen molar-refractivity contribution >= 4 is 11.8 Å². The molecule has 0 atom stereocenters. The maximum Gasteiger partial charge on any atom is 0.573 e. The first-order chi connectivity index (χ1) is 10.7. The molecule has 1 aromatic heterocycles. The summed E-state index contributed by atoms with van der Waals surface area (Å²) >= 11 is 1.14. The molecule has 0 unspecified atom stereocenters. The van der Waals surface area contributed by atoms with Gasteiger partial charge in [0.05, 0.1) is 5.69 Å². The van der Waals surface area contributed by atoms with E-state index in [1.165, 1.54) is 6.07 Å². The Kier molecular flexibility index (Phi) is 4.65. The fraction of sp³-hybridized carbons (Fsp3) is 0.214. The monoisotopic (exact) mass is 341 g/mol. The summed E-state index contributed by atoms with van der Waals surface area (Å²) in [5, 5.41) is 9.40. The maximum atomic E-state index is 12.4. The number of halogens is 3. The third-order valence-electron chi connectivity index (χ3n) is 2.90. The number of aryl methyl sites for hydroxylation is 1. The van der Waals surface area contributed by atoms with Crippen molar-refractivity contribution in [2.75, 3.05) is 6.26 Å². The Balaban J connectivity index is 2.67. The van der Waals surface area contributed by atoms with E-state index in [1.807, 2.05) is 0 Å². The highest BCUT2D eigenvalue weighted by Crippen LogP contribution is 2.31. The lowest BCUT2D eigenvalue weighted by Gasteiger charge is -2.12. The van der Waals surface area contributed by atoms with Gasteiger partial charge in [-0.3, -0.25) is 4.79 Å². The minimum absolute atomic E-state index is 0.0192. The zero-order valence-corrected chi connectivity index (χ0v) is 12.8. The van der Waals surface area contributed by atoms with E-state index in [-0.39, 0.29) is 22.0 Å². The molecular formula is C14H10F3N3O2S. The number of nitriles is 1. The molecule has 0 aliphatic rings. The van der Waals surface area contributed by atoms with Gasteiger partial charge in [-0.15, -0.1) is 13.2 Å². The first kappa shape index (κ1) is 16.9. The zero-order chi connectivity index (χ0) is 17.2. The van der Waals surface area contributed by atoms with Gasteiger partial charge in [-0.05, 0) is 30.9 Å². The molecule has 0 radical (unpaired) electrons. The minimum atomic E-state index is -4.84. The summed E-state index contributed by atoms with van der Waals surface area (Å²) in [6.07, 6.45) is -3.17. The Hall–Kier alpha value is -2.47. The number of rotatable bonds is 3. The van der Waals surface area contributed by atoms with Gasteiger partial charge in [-0.25, -0.2) is 4.98 Å². The molecule has 1 heterocycles. The van der Waals surface area contributed by atoms with Crippen LogP contribution in [0.25, 0.3) is 11.3 Å². The number of thioether (sulfide) groups is 1. The summed E-state index contributed by atoms with van der Waals surface area (Å²) in [6, 6.07) is 5.39. The number of nitrogens with one attached hydrogen (secondary N) is 1. The number of aromatic amines is 1. The molecule has 120 valence electrons. The van der Waals surface area contributed by atoms with Crippen LogP contribution in [-0.4, -0.2) is 22.6 Å². The van der Waals surface area contributed by atoms with Gasteiger partial charge in [0.1, 0.15) is 17.4 Å². The number of benzene rings is 1. The summed E-state index contributed by atoms with van der Waals surface area (Å²) in [5.74, 6) is -0.449. The SMILES string of the molecule is CSc1nc(-c2cc(OC(F)(F)F)ccc2C)c(C#N)c(=O)[nH]1. The highest BCUT2D eigenvalue weighted by molar-refractivity contribution is 7.98. The van der Waals surface area contributed by atoms with Crippen molar-refractivity contribution in [1.82, 2.24) is 9.97 Å². The average Bonchev–Trinajstić information content (AvgIpc) is 2.47. The van der Waals surface area contributed by atoms with Gasteiger partial charge in [0.15, 0.2) is 5.16 Å². The Labute approximate surface area is 133 Å². The molecule has 5 nitrogen and oxygen atoms in total. The van der Waals surface area contributed by atoms with E-state index >= 15 is 0 Å². The van der Waals surface area contributed by atoms with Gasteiger partial charge in [-0.2, -0.15) is 5.26 Å². The summed E-state index contributed by atoms with van der Waals surface area (Å²) in [4.78, 5) is 18.5. The molecule has 0 spiro atoms. The van der Waals surface area contributed by atoms with Crippen molar-refractivity contribution in [2.45, 2.75) is 18.4 Å². The van der Waals surface area contributed by atoms with Crippen molar-refractivity contribution in [2.24, 2.45) is 0 Å². The molecule has 9 heteroatoms. The normalized spacial score (nSPS) is 11.1. The number of aromatic nitrogens is 2. The predicted molar refractivity (Wildman–Crippen MR) is 78.2 cm³/mol. The van der Waals surface area contributed by atoms with E-state index in [0.29, 0.717) is 5.56 Å². The molecule has 0 bridgehead atoms. The Morgan fingerprint density at radius 1 is 1.39 bits per heavy atom. The lowest BCUT2D eigenvalue weighted by molar-refractivity contribution is -0.274. The fourth-order valence-electron chi connectivity index (χ4n) is 1.90. The minimum Gasteiger partial charge on any atom is -0.406 e. The average molecular weight is 341 g/mol. The number of nitrogens with zero attached hydrogens (tertiary/aromatic N) is 2. The molecule has 2 rings (SSSR count). The van der Waals surface area contributed by atoms with Crippen molar-refractivity contribution in [3.8, 4) is 23.1 Å². The smallest absolute Gasteiger partial charge is 0.406 e. The Morgan fingerprint density at radius 3 is 2.65 bits per heavy atom. The van der Waals surface area contributed by atoms with E-state index in [4.69, 9.17) is 5.26 Å². The lowest BCUT2D eigenvalue weighted by Crippen LogP contribution is -2.17. The molecule has 0 saturated heterocycles. The second-order valence-corrected chi connectivity index (χ2v) is 5.23. The molecule has 0 aliphatic heterocycles. The van der Waals surface area contributed by atoms with Crippen LogP contribution in [0.15, 0.2) is 28.2 Å². The van der Waals surface area contributed by atoms with Crippen molar-refractivity contribution in [3.63, 3.8) is 0 Å². The van der Waals surface area contributed by atoms with E-state index in [9.17, 15) is 18.0 Å². The lowest BCUT2D eigenvalue weighted by atomic mass is 10.0. The summed E-state index contributed by atoms with van der Waals surface area (Å²) in [5.41, 5.74) is -0.116. The molecule has 1 N–H and O–H groups in total. The topological polar surface area (TPSA) is 78.8 Å². The van der Waals surface area contributed by atoms with Crippen LogP contribution in [0.5, 0.6) is 5.75 Å². The van der Waals surface area contributed by atoms with E-state index in [0.717, 1.165) is 23.9 Å². The van der Waals surface area contributed by atoms with Crippen LogP contribution < -0.4 is 10.3 Å². The van der Waals surface area contributed by atoms with Crippen molar-refractivity contribution in [3.05, 3.63) is 39.7 Å². The van der Waals surface area contributed by atoms with Crippen LogP contribution in [0.2, 0.25) is 0 Å². The first-order valence-electron chi connectivity index (χ1n) is 6.20. The standard InChI is InChI=1S/C14H10F3N3O2S/c1-7-3-4-8(22-14(15,16)17)5-9(7)11-10(6-18)12(21)20-13(19-11)23-2/h3-5H,1-2H3,(H,19,20,21). The highest BCUT2D eigenvalue weighted by atomic mass is 32.2. The maximum absolute atomic E-state index is 12.4. The predicted octanol–water partition coefficient (Wildman–Crippen LogP) is 3.24. The number of ether oxygens (including phenoxy) is 1. The molecule has 1 aromatic carbocycles. The molecule has 0 amide bonds. The summed E-state index contributed by atoms with van der Waals surface area (Å²) < 4.78 is 40.9. The molecule has 23 heavy (non-hydrogen) atoms. The highest BCUT2D eigenvalue weighted by Gasteiger charge is 2.31. The molecule has 0 fully saturated rings. The number of H-pyrrole nitrogens is 1. The molecule has 0 saturated carbocycles. The second-order valence-electron chi connectivity index (χ2n) is 4.44. The quantitative estimate of drug-likeness (QED) is 0.685. The van der Waals surface area contributed by atoms with Gasteiger partial charge in [-0.1, -0.05) is 17.8 Å². The summed E-state index contributed by atoms with van der Waals surface area (Å²) in [6.45, 7) is 1.63. The number of hydrogen-bond donors (Lipinski definition) is 1. The second kappa shape index (κ2) is 6.34. The van der Waals surface area contributed by atoms with Crippen LogP contribution in [0.3, 0.4) is 0 Å². The van der Waals surface area contributed by atoms with Crippen molar-refractivity contribution in [1.29, 1.82) is 5.26 Å². The van der Waals surface area contributed by atoms with Crippen molar-refractivity contribution < 1.29 is 17.9 Å². The largest absolute Gasteiger partial charge is 0.573 e. The Morgan fingerprint density at radius 2 is 2.09 bits per heavy atom. The first-order valence-corrected chi connectivity index (χ1v) is 7.43. The zero-order valence-electron chi connectivity index (χ0n) is 12.0. The van der Waals surface area contributed by atoms with E-state index in [1.54, 1.807) is 19.2 Å².